The molecule has 3 saturated carbocycles. The normalized spacial score (nSPS) is 39.7. The Balaban J connectivity index is 1.77. The van der Waals surface area contributed by atoms with Crippen LogP contribution in [0.15, 0.2) is 12.7 Å². The maximum atomic E-state index is 12.4. The minimum absolute atomic E-state index is 0.0808. The highest BCUT2D eigenvalue weighted by Gasteiger charge is 2.58. The average molecular weight is 461 g/mol. The van der Waals surface area contributed by atoms with Gasteiger partial charge in [0.05, 0.1) is 12.7 Å². The number of ether oxygens (including phenoxy) is 1. The highest BCUT2D eigenvalue weighted by Crippen LogP contribution is 2.62. The lowest BCUT2D eigenvalue weighted by Gasteiger charge is -2.60. The lowest BCUT2D eigenvalue weighted by Crippen LogP contribution is -2.58. The number of allylic oxidation sites excluding steroid dienone is 1. The molecule has 3 aliphatic carbocycles. The van der Waals surface area contributed by atoms with Crippen molar-refractivity contribution in [1.29, 1.82) is 0 Å². The lowest BCUT2D eigenvalue weighted by atomic mass is 9.45. The van der Waals surface area contributed by atoms with Crippen LogP contribution in [0.1, 0.15) is 98.3 Å². The Hall–Kier alpha value is -1.16. The quantitative estimate of drug-likeness (QED) is 0.304. The molecule has 0 bridgehead atoms. The van der Waals surface area contributed by atoms with Gasteiger partial charge >= 0.3 is 5.97 Å². The van der Waals surface area contributed by atoms with Crippen LogP contribution < -0.4 is 0 Å². The zero-order valence-electron chi connectivity index (χ0n) is 21.6. The first-order valence-electron chi connectivity index (χ1n) is 13.7. The number of aliphatic hydroxyl groups is 1. The van der Waals surface area contributed by atoms with E-state index < -0.39 is 0 Å². The number of ketones is 1. The predicted molar refractivity (Wildman–Crippen MR) is 133 cm³/mol. The summed E-state index contributed by atoms with van der Waals surface area (Å²) in [5, 5.41) is 11.8. The van der Waals surface area contributed by atoms with Crippen molar-refractivity contribution in [2.24, 2.45) is 46.8 Å². The molecule has 3 rings (SSSR count). The number of carbonyl (C=O) groups is 2. The van der Waals surface area contributed by atoms with Crippen LogP contribution in [0, 0.1) is 46.8 Å². The summed E-state index contributed by atoms with van der Waals surface area (Å²) < 4.78 is 5.13. The molecular formula is C29H48O4. The van der Waals surface area contributed by atoms with Gasteiger partial charge in [0.2, 0.25) is 0 Å². The van der Waals surface area contributed by atoms with E-state index in [1.807, 2.05) is 13.0 Å². The molecule has 0 heterocycles. The molecule has 0 spiro atoms. The number of carbonyl (C=O) groups excluding carboxylic acids is 2. The smallest absolute Gasteiger partial charge is 0.305 e. The Kier molecular flexibility index (Phi) is 9.23. The predicted octanol–water partition coefficient (Wildman–Crippen LogP) is 6.36. The molecule has 0 aliphatic heterocycles. The fraction of sp³-hybridized carbons (Fsp3) is 0.862. The van der Waals surface area contributed by atoms with Gasteiger partial charge in [0.1, 0.15) is 5.78 Å². The van der Waals surface area contributed by atoms with Gasteiger partial charge in [-0.25, -0.2) is 0 Å². The number of fused-ring (bicyclic) bond motifs is 1. The van der Waals surface area contributed by atoms with Gasteiger partial charge in [0, 0.05) is 19.3 Å². The third kappa shape index (κ3) is 5.57. The van der Waals surface area contributed by atoms with E-state index in [2.05, 4.69) is 27.4 Å². The van der Waals surface area contributed by atoms with Gasteiger partial charge in [-0.15, -0.1) is 6.58 Å². The highest BCUT2D eigenvalue weighted by atomic mass is 16.5. The number of esters is 1. The summed E-state index contributed by atoms with van der Waals surface area (Å²) in [6.45, 7) is 13.2. The largest absolute Gasteiger partial charge is 0.466 e. The Labute approximate surface area is 201 Å². The van der Waals surface area contributed by atoms with Gasteiger partial charge in [-0.1, -0.05) is 33.3 Å². The molecule has 0 radical (unpaired) electrons. The Bertz CT molecular complexity index is 687. The standard InChI is InChI=1S/C29H48O4/c1-6-9-10-24-27(21-13-12-20(17-21)19(4)11-14-26(31)33-8-3)28(32)23(7-2)25-18-22(30)15-16-29(24,25)5/h6,19-21,23-25,27-28,32H,1,7-18H2,2-5H3/t19-,20?,21?,23+,24?,25+,27?,28-,29-/m1/s1. The van der Waals surface area contributed by atoms with Gasteiger partial charge < -0.3 is 9.84 Å². The number of Topliss-reactive ketones (excluding diaryl/α,β-unsaturated/α-hetero) is 1. The molecule has 33 heavy (non-hydrogen) atoms. The van der Waals surface area contributed by atoms with Crippen LogP contribution in [-0.4, -0.2) is 29.6 Å². The molecular weight excluding hydrogens is 412 g/mol. The van der Waals surface area contributed by atoms with Crippen molar-refractivity contribution in [2.45, 2.75) is 104 Å². The van der Waals surface area contributed by atoms with Crippen LogP contribution in [-0.2, 0) is 14.3 Å². The topological polar surface area (TPSA) is 63.6 Å². The molecule has 1 N–H and O–H groups in total. The summed E-state index contributed by atoms with van der Waals surface area (Å²) in [6.07, 6.45) is 12.0. The molecule has 3 aliphatic rings. The van der Waals surface area contributed by atoms with Gasteiger partial charge in [0.15, 0.2) is 0 Å². The first-order valence-corrected chi connectivity index (χ1v) is 13.7. The molecule has 4 nitrogen and oxygen atoms in total. The zero-order valence-corrected chi connectivity index (χ0v) is 21.6. The van der Waals surface area contributed by atoms with Crippen molar-refractivity contribution < 1.29 is 19.4 Å². The maximum absolute atomic E-state index is 12.4. The molecule has 4 unspecified atom stereocenters. The van der Waals surface area contributed by atoms with Crippen LogP contribution in [0.5, 0.6) is 0 Å². The van der Waals surface area contributed by atoms with Crippen molar-refractivity contribution in [3.05, 3.63) is 12.7 Å². The van der Waals surface area contributed by atoms with Crippen molar-refractivity contribution in [3.8, 4) is 0 Å². The molecule has 9 atom stereocenters. The third-order valence-corrected chi connectivity index (χ3v) is 10.0. The number of hydrogen-bond donors (Lipinski definition) is 1. The first kappa shape index (κ1) is 26.4. The molecule has 0 saturated heterocycles. The monoisotopic (exact) mass is 460 g/mol. The SMILES string of the molecule is C=CCCC1C(C2CCC([C@H](C)CCC(=O)OCC)C2)[C@H](O)[C@@H](CC)[C@@H]2CC(=O)CC[C@]12C. The van der Waals surface area contributed by atoms with E-state index in [0.29, 0.717) is 67.2 Å². The fourth-order valence-corrected chi connectivity index (χ4v) is 8.16. The van der Waals surface area contributed by atoms with Crippen LogP contribution in [0.2, 0.25) is 0 Å². The Morgan fingerprint density at radius 1 is 1.33 bits per heavy atom. The number of rotatable bonds is 10. The minimum atomic E-state index is -0.313. The van der Waals surface area contributed by atoms with Gasteiger partial charge in [-0.3, -0.25) is 9.59 Å². The van der Waals surface area contributed by atoms with E-state index in [9.17, 15) is 14.7 Å². The van der Waals surface area contributed by atoms with Crippen molar-refractivity contribution in [1.82, 2.24) is 0 Å². The average Bonchev–Trinajstić information content (AvgIpc) is 3.27. The summed E-state index contributed by atoms with van der Waals surface area (Å²) in [5.74, 6) is 3.27. The molecule has 3 fully saturated rings. The highest BCUT2D eigenvalue weighted by molar-refractivity contribution is 5.79. The van der Waals surface area contributed by atoms with E-state index in [4.69, 9.17) is 4.74 Å². The summed E-state index contributed by atoms with van der Waals surface area (Å²) in [6, 6.07) is 0. The van der Waals surface area contributed by atoms with E-state index in [1.54, 1.807) is 0 Å². The van der Waals surface area contributed by atoms with E-state index in [-0.39, 0.29) is 23.4 Å². The number of hydrogen-bond acceptors (Lipinski definition) is 4. The van der Waals surface area contributed by atoms with E-state index in [1.165, 1.54) is 12.8 Å². The molecule has 188 valence electrons. The number of aliphatic hydroxyl groups excluding tert-OH is 1. The molecule has 0 amide bonds. The van der Waals surface area contributed by atoms with Crippen LogP contribution in [0.25, 0.3) is 0 Å². The Morgan fingerprint density at radius 3 is 2.76 bits per heavy atom. The van der Waals surface area contributed by atoms with Crippen LogP contribution >= 0.6 is 0 Å². The van der Waals surface area contributed by atoms with Crippen molar-refractivity contribution in [2.75, 3.05) is 6.61 Å². The fourth-order valence-electron chi connectivity index (χ4n) is 8.16. The second-order valence-electron chi connectivity index (χ2n) is 11.6. The Morgan fingerprint density at radius 2 is 2.09 bits per heavy atom. The van der Waals surface area contributed by atoms with Crippen molar-refractivity contribution >= 4 is 11.8 Å². The molecule has 0 aromatic rings. The summed E-state index contributed by atoms with van der Waals surface area (Å²) in [5.41, 5.74) is 0.134. The molecule has 0 aromatic heterocycles. The maximum Gasteiger partial charge on any atom is 0.305 e. The second kappa shape index (κ2) is 11.5. The first-order chi connectivity index (χ1) is 15.8. The summed E-state index contributed by atoms with van der Waals surface area (Å²) in [4.78, 5) is 24.3. The van der Waals surface area contributed by atoms with E-state index in [0.717, 1.165) is 38.5 Å². The van der Waals surface area contributed by atoms with Gasteiger partial charge in [-0.05, 0) is 98.7 Å². The lowest BCUT2D eigenvalue weighted by molar-refractivity contribution is -0.167. The third-order valence-electron chi connectivity index (χ3n) is 10.0. The van der Waals surface area contributed by atoms with Crippen LogP contribution in [0.3, 0.4) is 0 Å². The van der Waals surface area contributed by atoms with Crippen molar-refractivity contribution in [3.63, 3.8) is 0 Å². The summed E-state index contributed by atoms with van der Waals surface area (Å²) in [7, 11) is 0. The van der Waals surface area contributed by atoms with E-state index >= 15 is 0 Å². The van der Waals surface area contributed by atoms with Crippen LogP contribution in [0.4, 0.5) is 0 Å². The molecule has 0 aromatic carbocycles. The molecule has 4 heteroatoms. The summed E-state index contributed by atoms with van der Waals surface area (Å²) >= 11 is 0. The minimum Gasteiger partial charge on any atom is -0.466 e. The second-order valence-corrected chi connectivity index (χ2v) is 11.6. The van der Waals surface area contributed by atoms with Gasteiger partial charge in [0.25, 0.3) is 0 Å². The zero-order chi connectivity index (χ0) is 24.2. The van der Waals surface area contributed by atoms with Gasteiger partial charge in [-0.2, -0.15) is 0 Å².